The Balaban J connectivity index is 2.53. The van der Waals surface area contributed by atoms with Gasteiger partial charge in [0.1, 0.15) is 11.5 Å². The van der Waals surface area contributed by atoms with Crippen LogP contribution in [0.4, 0.5) is 0 Å². The second kappa shape index (κ2) is 10.3. The van der Waals surface area contributed by atoms with Crippen LogP contribution in [0.1, 0.15) is 126 Å². The van der Waals surface area contributed by atoms with Gasteiger partial charge in [0.15, 0.2) is 0 Å². The highest BCUT2D eigenvalue weighted by Gasteiger charge is 2.32. The first-order valence-electron chi connectivity index (χ1n) is 13.5. The molecule has 3 aromatic carbocycles. The van der Waals surface area contributed by atoms with Gasteiger partial charge in [0.25, 0.3) is 0 Å². The van der Waals surface area contributed by atoms with Crippen LogP contribution in [0.2, 0.25) is 0 Å². The highest BCUT2D eigenvalue weighted by Crippen LogP contribution is 2.48. The first-order valence-corrected chi connectivity index (χ1v) is 13.5. The predicted molar refractivity (Wildman–Crippen MR) is 154 cm³/mol. The van der Waals surface area contributed by atoms with Crippen molar-refractivity contribution in [3.05, 3.63) is 93.0 Å². The smallest absolute Gasteiger partial charge is 0.123 e. The van der Waals surface area contributed by atoms with E-state index >= 15 is 0 Å². The molecule has 0 aromatic heterocycles. The van der Waals surface area contributed by atoms with Gasteiger partial charge in [-0.2, -0.15) is 0 Å². The minimum atomic E-state index is -0.288. The van der Waals surface area contributed by atoms with Crippen LogP contribution in [-0.4, -0.2) is 10.2 Å². The van der Waals surface area contributed by atoms with E-state index in [0.717, 1.165) is 40.7 Å². The summed E-state index contributed by atoms with van der Waals surface area (Å²) in [5, 5.41) is 23.7. The Morgan fingerprint density at radius 2 is 1.00 bits per heavy atom. The molecule has 0 heterocycles. The number of benzene rings is 3. The summed E-state index contributed by atoms with van der Waals surface area (Å²) in [6.07, 6.45) is 1.76. The first-order chi connectivity index (χ1) is 16.7. The highest BCUT2D eigenvalue weighted by molar-refractivity contribution is 5.61. The zero-order valence-electron chi connectivity index (χ0n) is 24.1. The molecule has 0 radical (unpaired) electrons. The van der Waals surface area contributed by atoms with Crippen LogP contribution in [0.25, 0.3) is 0 Å². The van der Waals surface area contributed by atoms with Crippen molar-refractivity contribution < 1.29 is 10.2 Å². The Morgan fingerprint density at radius 3 is 1.33 bits per heavy atom. The summed E-state index contributed by atoms with van der Waals surface area (Å²) in [7, 11) is 0. The number of hydrogen-bond donors (Lipinski definition) is 2. The van der Waals surface area contributed by atoms with Gasteiger partial charge in [-0.15, -0.1) is 0 Å². The molecular formula is C34H46O2. The molecule has 3 rings (SSSR count). The molecule has 2 N–H and O–H groups in total. The molecular weight excluding hydrogens is 440 g/mol. The number of aromatic hydroxyl groups is 2. The minimum Gasteiger partial charge on any atom is -0.507 e. The SMILES string of the molecule is CCc1cc(C(c2ccccc2C(C)C)c2cc(CC)cc(C(C)(C)C)c2O)c(O)c(C(C)(C)C)c1. The van der Waals surface area contributed by atoms with Crippen molar-refractivity contribution in [1.29, 1.82) is 0 Å². The van der Waals surface area contributed by atoms with Gasteiger partial charge < -0.3 is 10.2 Å². The molecule has 0 fully saturated rings. The molecule has 0 spiro atoms. The lowest BCUT2D eigenvalue weighted by molar-refractivity contribution is 0.431. The molecule has 0 bridgehead atoms. The fraction of sp³-hybridized carbons (Fsp3) is 0.471. The zero-order valence-corrected chi connectivity index (χ0v) is 24.1. The fourth-order valence-electron chi connectivity index (χ4n) is 5.23. The maximum atomic E-state index is 11.8. The van der Waals surface area contributed by atoms with Gasteiger partial charge in [-0.3, -0.25) is 0 Å². The largest absolute Gasteiger partial charge is 0.507 e. The zero-order chi connectivity index (χ0) is 27.0. The second-order valence-electron chi connectivity index (χ2n) is 12.6. The Morgan fingerprint density at radius 1 is 0.611 bits per heavy atom. The van der Waals surface area contributed by atoms with E-state index in [2.05, 4.69) is 118 Å². The number of aryl methyl sites for hydroxylation is 2. The van der Waals surface area contributed by atoms with E-state index in [1.165, 1.54) is 16.7 Å². The molecule has 0 unspecified atom stereocenters. The summed E-state index contributed by atoms with van der Waals surface area (Å²) in [4.78, 5) is 0. The molecule has 3 aromatic rings. The monoisotopic (exact) mass is 486 g/mol. The molecule has 0 amide bonds. The Kier molecular flexibility index (Phi) is 7.98. The summed E-state index contributed by atoms with van der Waals surface area (Å²) >= 11 is 0. The molecule has 0 aliphatic heterocycles. The lowest BCUT2D eigenvalue weighted by Gasteiger charge is -2.31. The van der Waals surface area contributed by atoms with Crippen LogP contribution < -0.4 is 0 Å². The third kappa shape index (κ3) is 5.48. The molecule has 2 heteroatoms. The van der Waals surface area contributed by atoms with E-state index in [0.29, 0.717) is 17.4 Å². The van der Waals surface area contributed by atoms with E-state index in [9.17, 15) is 10.2 Å². The average molecular weight is 487 g/mol. The number of phenols is 2. The van der Waals surface area contributed by atoms with Crippen LogP contribution in [-0.2, 0) is 23.7 Å². The second-order valence-corrected chi connectivity index (χ2v) is 12.6. The number of phenolic OH excluding ortho intramolecular Hbond substituents is 2. The molecule has 194 valence electrons. The van der Waals surface area contributed by atoms with Gasteiger partial charge in [-0.25, -0.2) is 0 Å². The van der Waals surface area contributed by atoms with E-state index in [1.807, 2.05) is 0 Å². The van der Waals surface area contributed by atoms with Gasteiger partial charge in [0.05, 0.1) is 0 Å². The van der Waals surface area contributed by atoms with Crippen LogP contribution in [0.3, 0.4) is 0 Å². The lowest BCUT2D eigenvalue weighted by Crippen LogP contribution is -2.17. The third-order valence-electron chi connectivity index (χ3n) is 7.38. The third-order valence-corrected chi connectivity index (χ3v) is 7.38. The van der Waals surface area contributed by atoms with Crippen molar-refractivity contribution in [3.8, 4) is 11.5 Å². The Labute approximate surface area is 219 Å². The van der Waals surface area contributed by atoms with Gasteiger partial charge in [0.2, 0.25) is 0 Å². The van der Waals surface area contributed by atoms with Gasteiger partial charge in [-0.05, 0) is 63.0 Å². The maximum absolute atomic E-state index is 11.8. The Hall–Kier alpha value is -2.74. The van der Waals surface area contributed by atoms with Crippen molar-refractivity contribution in [2.24, 2.45) is 0 Å². The topological polar surface area (TPSA) is 40.5 Å². The normalized spacial score (nSPS) is 12.6. The summed E-state index contributed by atoms with van der Waals surface area (Å²) in [6.45, 7) is 21.6. The molecule has 0 saturated heterocycles. The van der Waals surface area contributed by atoms with Crippen LogP contribution in [0.5, 0.6) is 11.5 Å². The van der Waals surface area contributed by atoms with E-state index in [-0.39, 0.29) is 16.7 Å². The summed E-state index contributed by atoms with van der Waals surface area (Å²) in [5.74, 6) is 0.688. The van der Waals surface area contributed by atoms with Gasteiger partial charge in [-0.1, -0.05) is 118 Å². The highest BCUT2D eigenvalue weighted by atomic mass is 16.3. The van der Waals surface area contributed by atoms with Crippen molar-refractivity contribution in [3.63, 3.8) is 0 Å². The maximum Gasteiger partial charge on any atom is 0.123 e. The fourth-order valence-corrected chi connectivity index (χ4v) is 5.23. The van der Waals surface area contributed by atoms with Crippen molar-refractivity contribution in [2.45, 2.75) is 105 Å². The van der Waals surface area contributed by atoms with Crippen LogP contribution >= 0.6 is 0 Å². The van der Waals surface area contributed by atoms with Crippen molar-refractivity contribution >= 4 is 0 Å². The Bertz CT molecular complexity index is 1150. The predicted octanol–water partition coefficient (Wildman–Crippen LogP) is 9.12. The molecule has 2 nitrogen and oxygen atoms in total. The van der Waals surface area contributed by atoms with E-state index in [4.69, 9.17) is 0 Å². The molecule has 36 heavy (non-hydrogen) atoms. The first kappa shape index (κ1) is 27.8. The summed E-state index contributed by atoms with van der Waals surface area (Å²) in [5.41, 5.74) is 7.98. The quantitative estimate of drug-likeness (QED) is 0.341. The number of rotatable bonds is 6. The molecule has 0 aliphatic rings. The van der Waals surface area contributed by atoms with E-state index < -0.39 is 0 Å². The lowest BCUT2D eigenvalue weighted by atomic mass is 9.74. The van der Waals surface area contributed by atoms with Crippen molar-refractivity contribution in [2.75, 3.05) is 0 Å². The van der Waals surface area contributed by atoms with Gasteiger partial charge >= 0.3 is 0 Å². The van der Waals surface area contributed by atoms with Crippen molar-refractivity contribution in [1.82, 2.24) is 0 Å². The minimum absolute atomic E-state index is 0.212. The standard InChI is InChI=1S/C34H46O2/c1-11-22-17-26(31(35)28(19-22)33(5,6)7)30(25-16-14-13-15-24(25)21(3)4)27-18-23(12-2)20-29(32(27)36)34(8,9)10/h13-21,30,35-36H,11-12H2,1-10H3. The molecule has 0 aliphatic carbocycles. The van der Waals surface area contributed by atoms with Gasteiger partial charge in [0, 0.05) is 17.0 Å². The molecule has 0 saturated carbocycles. The van der Waals surface area contributed by atoms with Crippen LogP contribution in [0.15, 0.2) is 48.5 Å². The van der Waals surface area contributed by atoms with E-state index in [1.54, 1.807) is 0 Å². The summed E-state index contributed by atoms with van der Waals surface area (Å²) in [6, 6.07) is 17.1. The molecule has 0 atom stereocenters. The number of hydrogen-bond acceptors (Lipinski definition) is 2. The average Bonchev–Trinajstić information content (AvgIpc) is 2.79. The van der Waals surface area contributed by atoms with Crippen LogP contribution in [0, 0.1) is 0 Å². The summed E-state index contributed by atoms with van der Waals surface area (Å²) < 4.78 is 0.